The van der Waals surface area contributed by atoms with Crippen molar-refractivity contribution in [1.82, 2.24) is 19.7 Å². The van der Waals surface area contributed by atoms with Crippen molar-refractivity contribution in [2.45, 2.75) is 31.7 Å². The average molecular weight is 371 g/mol. The zero-order chi connectivity index (χ0) is 18.8. The van der Waals surface area contributed by atoms with E-state index in [1.54, 1.807) is 12.3 Å². The van der Waals surface area contributed by atoms with Crippen LogP contribution in [0, 0.1) is 5.92 Å². The number of nitrogens with one attached hydrogen (secondary N) is 1. The molecule has 1 saturated carbocycles. The number of pyridine rings is 1. The van der Waals surface area contributed by atoms with Gasteiger partial charge in [-0.25, -0.2) is 4.98 Å². The molecule has 4 rings (SSSR count). The third-order valence-electron chi connectivity index (χ3n) is 5.88. The average Bonchev–Trinajstić information content (AvgIpc) is 3.52. The summed E-state index contributed by atoms with van der Waals surface area (Å²) in [6, 6.07) is 4.14. The molecule has 3 heterocycles. The van der Waals surface area contributed by atoms with Gasteiger partial charge in [0.1, 0.15) is 5.82 Å². The summed E-state index contributed by atoms with van der Waals surface area (Å²) in [5.41, 5.74) is 0.678. The third kappa shape index (κ3) is 4.40. The minimum atomic E-state index is 0.0433. The number of rotatable bonds is 4. The topological polar surface area (TPSA) is 68.8 Å². The first kappa shape index (κ1) is 18.2. The lowest BCUT2D eigenvalue weighted by molar-refractivity contribution is -0.138. The van der Waals surface area contributed by atoms with E-state index >= 15 is 0 Å². The van der Waals surface area contributed by atoms with Crippen LogP contribution in [0.25, 0.3) is 0 Å². The van der Waals surface area contributed by atoms with Crippen molar-refractivity contribution in [3.63, 3.8) is 0 Å². The predicted molar refractivity (Wildman–Crippen MR) is 104 cm³/mol. The van der Waals surface area contributed by atoms with Gasteiger partial charge in [-0.05, 0) is 44.9 Å². The van der Waals surface area contributed by atoms with Gasteiger partial charge in [-0.1, -0.05) is 0 Å². The Hall–Kier alpha value is -2.15. The van der Waals surface area contributed by atoms with Gasteiger partial charge in [-0.3, -0.25) is 9.59 Å². The van der Waals surface area contributed by atoms with Crippen molar-refractivity contribution in [1.29, 1.82) is 0 Å². The monoisotopic (exact) mass is 371 g/mol. The molecule has 1 aliphatic carbocycles. The van der Waals surface area contributed by atoms with E-state index in [1.165, 1.54) is 12.8 Å². The van der Waals surface area contributed by atoms with Gasteiger partial charge in [0.25, 0.3) is 5.91 Å². The van der Waals surface area contributed by atoms with E-state index in [2.05, 4.69) is 22.2 Å². The Bertz CT molecular complexity index is 689. The molecule has 2 aliphatic heterocycles. The molecule has 0 unspecified atom stereocenters. The van der Waals surface area contributed by atoms with Gasteiger partial charge in [-0.2, -0.15) is 0 Å². The number of piperidine rings is 1. The molecule has 3 fully saturated rings. The van der Waals surface area contributed by atoms with Crippen LogP contribution < -0.4 is 5.32 Å². The number of carbonyl (C=O) groups is 2. The maximum atomic E-state index is 12.8. The summed E-state index contributed by atoms with van der Waals surface area (Å²) in [5.74, 6) is 1.15. The lowest BCUT2D eigenvalue weighted by Gasteiger charge is -2.37. The first-order valence-corrected chi connectivity index (χ1v) is 10.1. The Morgan fingerprint density at radius 3 is 2.37 bits per heavy atom. The van der Waals surface area contributed by atoms with Crippen LogP contribution in [0.5, 0.6) is 0 Å². The second-order valence-electron chi connectivity index (χ2n) is 8.04. The first-order chi connectivity index (χ1) is 13.1. The number of carbonyl (C=O) groups excluding carboxylic acids is 2. The molecule has 3 aliphatic rings. The summed E-state index contributed by atoms with van der Waals surface area (Å²) in [7, 11) is 2.09. The van der Waals surface area contributed by atoms with Crippen molar-refractivity contribution in [2.24, 2.45) is 5.92 Å². The summed E-state index contributed by atoms with van der Waals surface area (Å²) in [5, 5.41) is 3.34. The number of anilines is 1. The third-order valence-corrected chi connectivity index (χ3v) is 5.88. The van der Waals surface area contributed by atoms with Gasteiger partial charge in [0, 0.05) is 63.0 Å². The molecule has 0 aromatic carbocycles. The van der Waals surface area contributed by atoms with Crippen LogP contribution in [0.4, 0.5) is 5.82 Å². The summed E-state index contributed by atoms with van der Waals surface area (Å²) >= 11 is 0. The number of nitrogens with zero attached hydrogens (tertiary/aromatic N) is 4. The Balaban J connectivity index is 1.30. The second-order valence-corrected chi connectivity index (χ2v) is 8.04. The minimum Gasteiger partial charge on any atom is -0.367 e. The van der Waals surface area contributed by atoms with Crippen molar-refractivity contribution >= 4 is 17.6 Å². The fourth-order valence-corrected chi connectivity index (χ4v) is 3.88. The molecule has 1 aromatic heterocycles. The van der Waals surface area contributed by atoms with Crippen molar-refractivity contribution in [3.05, 3.63) is 23.9 Å². The zero-order valence-electron chi connectivity index (χ0n) is 16.1. The van der Waals surface area contributed by atoms with Crippen LogP contribution in [0.15, 0.2) is 18.3 Å². The Morgan fingerprint density at radius 2 is 1.70 bits per heavy atom. The van der Waals surface area contributed by atoms with E-state index in [9.17, 15) is 9.59 Å². The molecule has 7 heteroatoms. The van der Waals surface area contributed by atoms with Gasteiger partial charge >= 0.3 is 0 Å². The molecule has 2 amide bonds. The zero-order valence-corrected chi connectivity index (χ0v) is 16.1. The number of hydrogen-bond donors (Lipinski definition) is 1. The molecule has 1 aromatic rings. The molecule has 1 N–H and O–H groups in total. The maximum Gasteiger partial charge on any atom is 0.254 e. The van der Waals surface area contributed by atoms with Crippen LogP contribution >= 0.6 is 0 Å². The highest BCUT2D eigenvalue weighted by Crippen LogP contribution is 2.25. The summed E-state index contributed by atoms with van der Waals surface area (Å²) in [6.07, 6.45) is 5.56. The van der Waals surface area contributed by atoms with E-state index in [0.717, 1.165) is 44.8 Å². The van der Waals surface area contributed by atoms with Crippen LogP contribution in [0.3, 0.4) is 0 Å². The number of likely N-dealkylation sites (N-methyl/N-ethyl adjacent to an activating group) is 1. The largest absolute Gasteiger partial charge is 0.367 e. The molecular formula is C20H29N5O2. The van der Waals surface area contributed by atoms with Gasteiger partial charge in [-0.15, -0.1) is 0 Å². The quantitative estimate of drug-likeness (QED) is 0.864. The highest BCUT2D eigenvalue weighted by molar-refractivity contribution is 5.95. The van der Waals surface area contributed by atoms with E-state index < -0.39 is 0 Å². The minimum absolute atomic E-state index is 0.0433. The molecule has 0 bridgehead atoms. The lowest BCUT2D eigenvalue weighted by atomic mass is 9.94. The summed E-state index contributed by atoms with van der Waals surface area (Å²) in [4.78, 5) is 36.0. The normalized spacial score (nSPS) is 22.0. The van der Waals surface area contributed by atoms with Crippen molar-refractivity contribution in [2.75, 3.05) is 51.6 Å². The standard InChI is InChI=1S/C20H29N5O2/c1-23-10-12-25(13-11-23)19(26)15-5-8-24(9-6-15)20(27)16-4-7-21-18(14-16)22-17-2-3-17/h4,7,14-15,17H,2-3,5-6,8-13H2,1H3,(H,21,22). The van der Waals surface area contributed by atoms with Crippen LogP contribution in [-0.2, 0) is 4.79 Å². The number of aromatic nitrogens is 1. The molecule has 0 radical (unpaired) electrons. The maximum absolute atomic E-state index is 12.8. The van der Waals surface area contributed by atoms with Gasteiger partial charge in [0.15, 0.2) is 0 Å². The Morgan fingerprint density at radius 1 is 1.00 bits per heavy atom. The predicted octanol–water partition coefficient (Wildman–Crippen LogP) is 1.28. The number of likely N-dealkylation sites (tertiary alicyclic amines) is 1. The SMILES string of the molecule is CN1CCN(C(=O)C2CCN(C(=O)c3ccnc(NC4CC4)c3)CC2)CC1. The summed E-state index contributed by atoms with van der Waals surface area (Å²) < 4.78 is 0. The number of amides is 2. The van der Waals surface area contributed by atoms with Crippen molar-refractivity contribution < 1.29 is 9.59 Å². The van der Waals surface area contributed by atoms with Gasteiger partial charge in [0.05, 0.1) is 0 Å². The molecule has 27 heavy (non-hydrogen) atoms. The second kappa shape index (κ2) is 7.84. The highest BCUT2D eigenvalue weighted by atomic mass is 16.2. The summed E-state index contributed by atoms with van der Waals surface area (Å²) in [6.45, 7) is 4.84. The molecule has 146 valence electrons. The Kier molecular flexibility index (Phi) is 5.29. The van der Waals surface area contributed by atoms with Gasteiger partial charge in [0.2, 0.25) is 5.91 Å². The van der Waals surface area contributed by atoms with Gasteiger partial charge < -0.3 is 20.0 Å². The lowest BCUT2D eigenvalue weighted by Crippen LogP contribution is -2.51. The van der Waals surface area contributed by atoms with Crippen LogP contribution in [0.1, 0.15) is 36.0 Å². The molecule has 0 spiro atoms. The van der Waals surface area contributed by atoms with E-state index in [4.69, 9.17) is 0 Å². The molecule has 2 saturated heterocycles. The van der Waals surface area contributed by atoms with Crippen molar-refractivity contribution in [3.8, 4) is 0 Å². The van der Waals surface area contributed by atoms with E-state index in [1.807, 2.05) is 15.9 Å². The van der Waals surface area contributed by atoms with E-state index in [0.29, 0.717) is 24.7 Å². The highest BCUT2D eigenvalue weighted by Gasteiger charge is 2.31. The first-order valence-electron chi connectivity index (χ1n) is 10.1. The van der Waals surface area contributed by atoms with Crippen LogP contribution in [0.2, 0.25) is 0 Å². The molecule has 7 nitrogen and oxygen atoms in total. The number of hydrogen-bond acceptors (Lipinski definition) is 5. The molecular weight excluding hydrogens is 342 g/mol. The van der Waals surface area contributed by atoms with E-state index in [-0.39, 0.29) is 17.7 Å². The smallest absolute Gasteiger partial charge is 0.254 e. The molecule has 0 atom stereocenters. The number of piperazine rings is 1. The fraction of sp³-hybridized carbons (Fsp3) is 0.650. The fourth-order valence-electron chi connectivity index (χ4n) is 3.88. The Labute approximate surface area is 160 Å². The van der Waals surface area contributed by atoms with Crippen LogP contribution in [-0.4, -0.2) is 83.9 Å².